The zero-order valence-electron chi connectivity index (χ0n) is 22.9. The van der Waals surface area contributed by atoms with E-state index in [0.29, 0.717) is 0 Å². The van der Waals surface area contributed by atoms with Gasteiger partial charge in [-0.2, -0.15) is 0 Å². The predicted molar refractivity (Wildman–Crippen MR) is 153 cm³/mol. The topological polar surface area (TPSA) is 12.9 Å². The molecule has 2 aromatic rings. The van der Waals surface area contributed by atoms with Crippen LogP contribution in [0.15, 0.2) is 60.5 Å². The summed E-state index contributed by atoms with van der Waals surface area (Å²) in [6, 6.07) is 9.23. The van der Waals surface area contributed by atoms with Crippen molar-refractivity contribution in [2.45, 2.75) is 104 Å². The standard InChI is InChI=1S/C28H35N.C4H8.C2H6/c1-20-9-10-21-5-2-3-6-25(21)17-24(20)13-12-23-7-4-8-28(23)26-14-11-22-15-16-29-19-27(22)18-26;1-4-2-3-4;1-2/h3,6,11,14-21,23-24,28H,2,4-5,7-10,12-13H2,1H3;4H,2-3H2,1H3;1-2H3. The summed E-state index contributed by atoms with van der Waals surface area (Å²) in [5, 5.41) is 2.61. The van der Waals surface area contributed by atoms with Crippen LogP contribution in [0, 0.1) is 29.6 Å². The van der Waals surface area contributed by atoms with Crippen LogP contribution >= 0.6 is 0 Å². The minimum atomic E-state index is 0.746. The monoisotopic (exact) mass is 471 g/mol. The Labute approximate surface area is 215 Å². The Morgan fingerprint density at radius 2 is 1.69 bits per heavy atom. The lowest BCUT2D eigenvalue weighted by molar-refractivity contribution is 0.325. The highest BCUT2D eigenvalue weighted by molar-refractivity contribution is 5.82. The number of allylic oxidation sites excluding steroid dienone is 4. The van der Waals surface area contributed by atoms with Crippen LogP contribution in [-0.2, 0) is 0 Å². The van der Waals surface area contributed by atoms with Gasteiger partial charge >= 0.3 is 0 Å². The van der Waals surface area contributed by atoms with E-state index in [-0.39, 0.29) is 0 Å². The van der Waals surface area contributed by atoms with E-state index in [1.807, 2.05) is 26.2 Å². The van der Waals surface area contributed by atoms with Gasteiger partial charge in [0.2, 0.25) is 0 Å². The first-order chi connectivity index (χ1) is 17.2. The van der Waals surface area contributed by atoms with Gasteiger partial charge in [-0.25, -0.2) is 0 Å². The first-order valence-electron chi connectivity index (χ1n) is 14.9. The molecule has 0 radical (unpaired) electrons. The smallest absolute Gasteiger partial charge is 0.0346 e. The molecule has 35 heavy (non-hydrogen) atoms. The molecule has 4 aliphatic rings. The van der Waals surface area contributed by atoms with Crippen molar-refractivity contribution < 1.29 is 0 Å². The summed E-state index contributed by atoms with van der Waals surface area (Å²) in [4.78, 5) is 4.34. The summed E-state index contributed by atoms with van der Waals surface area (Å²) in [7, 11) is 0. The van der Waals surface area contributed by atoms with E-state index in [1.165, 1.54) is 81.4 Å². The van der Waals surface area contributed by atoms with Gasteiger partial charge in [-0.05, 0) is 116 Å². The van der Waals surface area contributed by atoms with Gasteiger partial charge < -0.3 is 0 Å². The van der Waals surface area contributed by atoms with E-state index in [1.54, 1.807) is 11.1 Å². The summed E-state index contributed by atoms with van der Waals surface area (Å²) in [6.45, 7) is 8.78. The quantitative estimate of drug-likeness (QED) is 0.432. The third kappa shape index (κ3) is 7.08. The Bertz CT molecular complexity index is 981. The van der Waals surface area contributed by atoms with Crippen molar-refractivity contribution in [3.63, 3.8) is 0 Å². The average Bonchev–Trinajstić information content (AvgIpc) is 3.58. The number of rotatable bonds is 4. The molecule has 6 rings (SSSR count). The maximum atomic E-state index is 4.34. The molecule has 5 atom stereocenters. The van der Waals surface area contributed by atoms with Gasteiger partial charge in [-0.15, -0.1) is 0 Å². The molecule has 4 aliphatic carbocycles. The Morgan fingerprint density at radius 1 is 0.857 bits per heavy atom. The minimum Gasteiger partial charge on any atom is -0.264 e. The molecule has 0 bridgehead atoms. The highest BCUT2D eigenvalue weighted by Gasteiger charge is 2.31. The molecule has 2 fully saturated rings. The Balaban J connectivity index is 0.000000430. The van der Waals surface area contributed by atoms with Crippen LogP contribution in [0.1, 0.15) is 110 Å². The normalized spacial score (nSPS) is 29.7. The predicted octanol–water partition coefficient (Wildman–Crippen LogP) is 10.3. The van der Waals surface area contributed by atoms with Gasteiger partial charge in [0.05, 0.1) is 0 Å². The highest BCUT2D eigenvalue weighted by Crippen LogP contribution is 2.45. The molecule has 1 heterocycles. The van der Waals surface area contributed by atoms with Crippen molar-refractivity contribution in [3.05, 3.63) is 66.0 Å². The third-order valence-corrected chi connectivity index (χ3v) is 9.06. The number of fused-ring (bicyclic) bond motifs is 2. The van der Waals surface area contributed by atoms with Crippen molar-refractivity contribution in [2.75, 3.05) is 0 Å². The van der Waals surface area contributed by atoms with Crippen LogP contribution < -0.4 is 0 Å². The Morgan fingerprint density at radius 3 is 2.49 bits per heavy atom. The number of pyridine rings is 1. The van der Waals surface area contributed by atoms with Gasteiger partial charge in [0.1, 0.15) is 0 Å². The van der Waals surface area contributed by atoms with E-state index in [4.69, 9.17) is 0 Å². The van der Waals surface area contributed by atoms with E-state index in [0.717, 1.165) is 35.5 Å². The molecule has 5 unspecified atom stereocenters. The molecule has 2 saturated carbocycles. The zero-order valence-corrected chi connectivity index (χ0v) is 22.9. The molecule has 0 spiro atoms. The van der Waals surface area contributed by atoms with Crippen LogP contribution in [-0.4, -0.2) is 4.98 Å². The van der Waals surface area contributed by atoms with Gasteiger partial charge in [0, 0.05) is 17.8 Å². The second kappa shape index (κ2) is 12.9. The summed E-state index contributed by atoms with van der Waals surface area (Å²) in [6.07, 6.45) is 26.8. The van der Waals surface area contributed by atoms with E-state index in [2.05, 4.69) is 61.3 Å². The molecule has 190 valence electrons. The van der Waals surface area contributed by atoms with Crippen LogP contribution in [0.4, 0.5) is 0 Å². The lowest BCUT2D eigenvalue weighted by Gasteiger charge is -2.25. The van der Waals surface area contributed by atoms with Gasteiger partial charge in [0.15, 0.2) is 0 Å². The van der Waals surface area contributed by atoms with Crippen molar-refractivity contribution in [3.8, 4) is 0 Å². The van der Waals surface area contributed by atoms with Crippen LogP contribution in [0.2, 0.25) is 0 Å². The number of hydrogen-bond donors (Lipinski definition) is 0. The largest absolute Gasteiger partial charge is 0.264 e. The second-order valence-corrected chi connectivity index (χ2v) is 11.6. The molecule has 1 heteroatoms. The maximum Gasteiger partial charge on any atom is 0.0346 e. The van der Waals surface area contributed by atoms with E-state index < -0.39 is 0 Å². The van der Waals surface area contributed by atoms with E-state index >= 15 is 0 Å². The summed E-state index contributed by atoms with van der Waals surface area (Å²) in [5.41, 5.74) is 3.21. The summed E-state index contributed by atoms with van der Waals surface area (Å²) >= 11 is 0. The molecule has 1 aromatic heterocycles. The SMILES string of the molecule is CC.CC1CC1.CC1CCC2CCC=CC2=CC1CCC1CCCC1c1ccc2ccncc2c1. The first-order valence-corrected chi connectivity index (χ1v) is 14.9. The lowest BCUT2D eigenvalue weighted by Crippen LogP contribution is -2.13. The fourth-order valence-electron chi connectivity index (χ4n) is 6.51. The van der Waals surface area contributed by atoms with Crippen LogP contribution in [0.3, 0.4) is 0 Å². The second-order valence-electron chi connectivity index (χ2n) is 11.6. The number of benzene rings is 1. The average molecular weight is 472 g/mol. The summed E-state index contributed by atoms with van der Waals surface area (Å²) < 4.78 is 0. The highest BCUT2D eigenvalue weighted by atomic mass is 14.6. The minimum absolute atomic E-state index is 0.746. The number of nitrogens with zero attached hydrogens (tertiary/aromatic N) is 1. The summed E-state index contributed by atoms with van der Waals surface area (Å²) in [5.74, 6) is 5.15. The fourth-order valence-corrected chi connectivity index (χ4v) is 6.51. The van der Waals surface area contributed by atoms with Crippen LogP contribution in [0.25, 0.3) is 10.8 Å². The molecule has 1 nitrogen and oxygen atoms in total. The van der Waals surface area contributed by atoms with Crippen molar-refractivity contribution >= 4 is 10.8 Å². The van der Waals surface area contributed by atoms with Crippen molar-refractivity contribution in [1.29, 1.82) is 0 Å². The van der Waals surface area contributed by atoms with E-state index in [9.17, 15) is 0 Å². The van der Waals surface area contributed by atoms with Gasteiger partial charge in [0.25, 0.3) is 0 Å². The van der Waals surface area contributed by atoms with Gasteiger partial charge in [-0.1, -0.05) is 77.3 Å². The fraction of sp³-hybridized carbons (Fsp3) is 0.618. The van der Waals surface area contributed by atoms with Crippen molar-refractivity contribution in [1.82, 2.24) is 4.98 Å². The first kappa shape index (κ1) is 26.2. The number of hydrogen-bond acceptors (Lipinski definition) is 1. The molecular formula is C34H49N. The van der Waals surface area contributed by atoms with Crippen molar-refractivity contribution in [2.24, 2.45) is 29.6 Å². The molecular weight excluding hydrogens is 422 g/mol. The molecule has 0 aliphatic heterocycles. The Hall–Kier alpha value is -1.89. The molecule has 1 aromatic carbocycles. The molecule has 0 amide bonds. The third-order valence-electron chi connectivity index (χ3n) is 9.06. The Kier molecular flexibility index (Phi) is 9.64. The molecule has 0 saturated heterocycles. The molecule has 0 N–H and O–H groups in total. The maximum absolute atomic E-state index is 4.34. The lowest BCUT2D eigenvalue weighted by atomic mass is 9.80. The van der Waals surface area contributed by atoms with Crippen LogP contribution in [0.5, 0.6) is 0 Å². The van der Waals surface area contributed by atoms with Gasteiger partial charge in [-0.3, -0.25) is 4.98 Å². The zero-order chi connectivity index (χ0) is 24.6. The number of aromatic nitrogens is 1.